The zero-order chi connectivity index (χ0) is 17.5. The van der Waals surface area contributed by atoms with Gasteiger partial charge in [0.1, 0.15) is 5.60 Å². The first-order chi connectivity index (χ1) is 10.6. The predicted molar refractivity (Wildman–Crippen MR) is 98.3 cm³/mol. The molecule has 1 amide bonds. The second-order valence-electron chi connectivity index (χ2n) is 7.19. The first kappa shape index (κ1) is 19.9. The standard InChI is InChI=1S/C16H32N4O2S/c1-7-17-13(20-10-11-23-16(5,6)12-20)18-8-9-19-14(21)22-15(2,3)4/h7-12H2,1-6H3,(H,17,18)(H,19,21). The molecule has 0 radical (unpaired) electrons. The van der Waals surface area contributed by atoms with E-state index < -0.39 is 11.7 Å². The summed E-state index contributed by atoms with van der Waals surface area (Å²) in [6, 6.07) is 0. The van der Waals surface area contributed by atoms with E-state index in [4.69, 9.17) is 4.74 Å². The molecule has 0 atom stereocenters. The number of nitrogens with zero attached hydrogens (tertiary/aromatic N) is 2. The molecule has 0 aromatic rings. The SMILES string of the molecule is CCNC(=NCCNC(=O)OC(C)(C)C)N1CCSC(C)(C)C1. The third kappa shape index (κ3) is 8.34. The van der Waals surface area contributed by atoms with Crippen molar-refractivity contribution in [2.45, 2.75) is 51.9 Å². The van der Waals surface area contributed by atoms with Crippen molar-refractivity contribution in [3.63, 3.8) is 0 Å². The lowest BCUT2D eigenvalue weighted by Crippen LogP contribution is -2.51. The molecular formula is C16H32N4O2S. The van der Waals surface area contributed by atoms with Crippen LogP contribution in [-0.2, 0) is 4.74 Å². The number of carbonyl (C=O) groups excluding carboxylic acids is 1. The first-order valence-electron chi connectivity index (χ1n) is 8.27. The van der Waals surface area contributed by atoms with Gasteiger partial charge >= 0.3 is 6.09 Å². The summed E-state index contributed by atoms with van der Waals surface area (Å²) in [5.74, 6) is 2.03. The maximum Gasteiger partial charge on any atom is 0.407 e. The van der Waals surface area contributed by atoms with Gasteiger partial charge in [-0.25, -0.2) is 4.79 Å². The summed E-state index contributed by atoms with van der Waals surface area (Å²) in [6.07, 6.45) is -0.395. The molecule has 1 saturated heterocycles. The van der Waals surface area contributed by atoms with Gasteiger partial charge in [-0.3, -0.25) is 4.99 Å². The van der Waals surface area contributed by atoms with Gasteiger partial charge in [-0.2, -0.15) is 11.8 Å². The van der Waals surface area contributed by atoms with Gasteiger partial charge in [-0.05, 0) is 41.5 Å². The second-order valence-corrected chi connectivity index (χ2v) is 9.00. The van der Waals surface area contributed by atoms with Crippen LogP contribution >= 0.6 is 11.8 Å². The Labute approximate surface area is 144 Å². The number of thioether (sulfide) groups is 1. The van der Waals surface area contributed by atoms with E-state index in [1.807, 2.05) is 32.5 Å². The van der Waals surface area contributed by atoms with E-state index in [0.29, 0.717) is 13.1 Å². The molecule has 0 unspecified atom stereocenters. The van der Waals surface area contributed by atoms with E-state index in [1.54, 1.807) is 0 Å². The van der Waals surface area contributed by atoms with Gasteiger partial charge in [-0.15, -0.1) is 0 Å². The number of nitrogens with one attached hydrogen (secondary N) is 2. The summed E-state index contributed by atoms with van der Waals surface area (Å²) < 4.78 is 5.45. The number of alkyl carbamates (subject to hydrolysis) is 1. The van der Waals surface area contributed by atoms with Gasteiger partial charge in [0.2, 0.25) is 0 Å². The summed E-state index contributed by atoms with van der Waals surface area (Å²) in [6.45, 7) is 16.0. The van der Waals surface area contributed by atoms with Crippen LogP contribution in [0.1, 0.15) is 41.5 Å². The highest BCUT2D eigenvalue weighted by Gasteiger charge is 2.28. The minimum absolute atomic E-state index is 0.239. The molecule has 1 rings (SSSR count). The number of amides is 1. The van der Waals surface area contributed by atoms with Crippen molar-refractivity contribution in [2.75, 3.05) is 38.5 Å². The number of carbonyl (C=O) groups is 1. The maximum atomic E-state index is 11.6. The number of guanidine groups is 1. The van der Waals surface area contributed by atoms with Crippen LogP contribution in [0.15, 0.2) is 4.99 Å². The van der Waals surface area contributed by atoms with Crippen LogP contribution in [-0.4, -0.2) is 65.8 Å². The van der Waals surface area contributed by atoms with Crippen LogP contribution < -0.4 is 10.6 Å². The van der Waals surface area contributed by atoms with E-state index in [1.165, 1.54) is 0 Å². The molecule has 134 valence electrons. The van der Waals surface area contributed by atoms with Crippen molar-refractivity contribution in [1.29, 1.82) is 0 Å². The maximum absolute atomic E-state index is 11.6. The predicted octanol–water partition coefficient (Wildman–Crippen LogP) is 2.30. The molecular weight excluding hydrogens is 312 g/mol. The van der Waals surface area contributed by atoms with Crippen molar-refractivity contribution in [2.24, 2.45) is 4.99 Å². The lowest BCUT2D eigenvalue weighted by molar-refractivity contribution is 0.0529. The zero-order valence-corrected chi connectivity index (χ0v) is 16.2. The smallest absolute Gasteiger partial charge is 0.407 e. The van der Waals surface area contributed by atoms with E-state index in [9.17, 15) is 4.79 Å². The fraction of sp³-hybridized carbons (Fsp3) is 0.875. The molecule has 0 aromatic carbocycles. The highest BCUT2D eigenvalue weighted by Crippen LogP contribution is 2.29. The molecule has 23 heavy (non-hydrogen) atoms. The molecule has 0 spiro atoms. The van der Waals surface area contributed by atoms with E-state index >= 15 is 0 Å². The Morgan fingerprint density at radius 3 is 2.61 bits per heavy atom. The van der Waals surface area contributed by atoms with Crippen LogP contribution in [0.3, 0.4) is 0 Å². The zero-order valence-electron chi connectivity index (χ0n) is 15.4. The van der Waals surface area contributed by atoms with Gasteiger partial charge in [-0.1, -0.05) is 0 Å². The second kappa shape index (κ2) is 8.66. The van der Waals surface area contributed by atoms with Gasteiger partial charge in [0.15, 0.2) is 5.96 Å². The van der Waals surface area contributed by atoms with E-state index in [-0.39, 0.29) is 4.75 Å². The van der Waals surface area contributed by atoms with Crippen molar-refractivity contribution in [1.82, 2.24) is 15.5 Å². The van der Waals surface area contributed by atoms with Crippen molar-refractivity contribution in [3.8, 4) is 0 Å². The summed E-state index contributed by atoms with van der Waals surface area (Å²) in [4.78, 5) is 18.5. The number of hydrogen-bond acceptors (Lipinski definition) is 4. The Balaban J connectivity index is 2.48. The molecule has 6 nitrogen and oxygen atoms in total. The third-order valence-corrected chi connectivity index (χ3v) is 4.40. The van der Waals surface area contributed by atoms with E-state index in [0.717, 1.165) is 31.3 Å². The monoisotopic (exact) mass is 344 g/mol. The topological polar surface area (TPSA) is 66.0 Å². The number of ether oxygens (including phenoxy) is 1. The Bertz CT molecular complexity index is 419. The van der Waals surface area contributed by atoms with E-state index in [2.05, 4.69) is 41.3 Å². The van der Waals surface area contributed by atoms with Crippen LogP contribution in [0.25, 0.3) is 0 Å². The molecule has 0 aliphatic carbocycles. The van der Waals surface area contributed by atoms with Crippen LogP contribution in [0.5, 0.6) is 0 Å². The van der Waals surface area contributed by atoms with Gasteiger partial charge in [0.05, 0.1) is 6.54 Å². The van der Waals surface area contributed by atoms with Crippen LogP contribution in [0.2, 0.25) is 0 Å². The van der Waals surface area contributed by atoms with Gasteiger partial charge in [0.25, 0.3) is 0 Å². The van der Waals surface area contributed by atoms with Gasteiger partial charge in [0, 0.05) is 36.7 Å². The highest BCUT2D eigenvalue weighted by atomic mass is 32.2. The molecule has 7 heteroatoms. The molecule has 1 fully saturated rings. The van der Waals surface area contributed by atoms with Crippen molar-refractivity contribution in [3.05, 3.63) is 0 Å². The molecule has 0 aromatic heterocycles. The molecule has 2 N–H and O–H groups in total. The first-order valence-corrected chi connectivity index (χ1v) is 9.25. The number of hydrogen-bond donors (Lipinski definition) is 2. The Kier molecular flexibility index (Phi) is 7.51. The average molecular weight is 345 g/mol. The van der Waals surface area contributed by atoms with Crippen molar-refractivity contribution < 1.29 is 9.53 Å². The molecule has 0 bridgehead atoms. The Morgan fingerprint density at radius 2 is 2.04 bits per heavy atom. The van der Waals surface area contributed by atoms with Crippen LogP contribution in [0, 0.1) is 0 Å². The molecule has 1 heterocycles. The normalized spacial score (nSPS) is 18.5. The fourth-order valence-corrected chi connectivity index (χ4v) is 3.37. The Hall–Kier alpha value is -1.11. The number of rotatable bonds is 4. The Morgan fingerprint density at radius 1 is 1.35 bits per heavy atom. The van der Waals surface area contributed by atoms with Crippen LogP contribution in [0.4, 0.5) is 4.79 Å². The summed E-state index contributed by atoms with van der Waals surface area (Å²) in [5.41, 5.74) is -0.473. The number of aliphatic imine (C=N–C) groups is 1. The molecule has 1 aliphatic rings. The molecule has 1 aliphatic heterocycles. The third-order valence-electron chi connectivity index (χ3n) is 3.10. The summed E-state index contributed by atoms with van der Waals surface area (Å²) >= 11 is 2.00. The lowest BCUT2D eigenvalue weighted by Gasteiger charge is -2.39. The summed E-state index contributed by atoms with van der Waals surface area (Å²) in [5, 5.41) is 6.08. The quantitative estimate of drug-likeness (QED) is 0.465. The molecule has 0 saturated carbocycles. The minimum atomic E-state index is -0.473. The fourth-order valence-electron chi connectivity index (χ4n) is 2.26. The largest absolute Gasteiger partial charge is 0.444 e. The summed E-state index contributed by atoms with van der Waals surface area (Å²) in [7, 11) is 0. The minimum Gasteiger partial charge on any atom is -0.444 e. The highest BCUT2D eigenvalue weighted by molar-refractivity contribution is 8.00. The lowest BCUT2D eigenvalue weighted by atomic mass is 10.2. The van der Waals surface area contributed by atoms with Crippen molar-refractivity contribution >= 4 is 23.8 Å². The van der Waals surface area contributed by atoms with Gasteiger partial charge < -0.3 is 20.3 Å². The average Bonchev–Trinajstić information content (AvgIpc) is 2.39.